The fourth-order valence-corrected chi connectivity index (χ4v) is 5.97. The van der Waals surface area contributed by atoms with E-state index in [-0.39, 0.29) is 18.4 Å². The van der Waals surface area contributed by atoms with Crippen LogP contribution in [0.3, 0.4) is 0 Å². The van der Waals surface area contributed by atoms with Crippen molar-refractivity contribution in [3.63, 3.8) is 0 Å². The Labute approximate surface area is 224 Å². The summed E-state index contributed by atoms with van der Waals surface area (Å²) in [6, 6.07) is 24.6. The summed E-state index contributed by atoms with van der Waals surface area (Å²) in [7, 11) is 4.93. The molecule has 0 radical (unpaired) electrons. The van der Waals surface area contributed by atoms with E-state index in [1.54, 1.807) is 21.3 Å². The van der Waals surface area contributed by atoms with Crippen LogP contribution in [-0.4, -0.2) is 69.3 Å². The number of nitrogens with zero attached hydrogens (tertiary/aromatic N) is 2. The zero-order valence-electron chi connectivity index (χ0n) is 22.3. The Balaban J connectivity index is 1.35. The summed E-state index contributed by atoms with van der Waals surface area (Å²) >= 11 is 0. The maximum absolute atomic E-state index is 13.3. The molecule has 2 heterocycles. The summed E-state index contributed by atoms with van der Waals surface area (Å²) in [4.78, 5) is 17.8. The van der Waals surface area contributed by atoms with Crippen LogP contribution in [0.5, 0.6) is 23.0 Å². The third-order valence-electron chi connectivity index (χ3n) is 7.87. The largest absolute Gasteiger partial charge is 0.493 e. The summed E-state index contributed by atoms with van der Waals surface area (Å²) in [5, 5.41) is 0. The molecule has 7 heteroatoms. The maximum atomic E-state index is 13.3. The van der Waals surface area contributed by atoms with E-state index in [2.05, 4.69) is 47.4 Å². The van der Waals surface area contributed by atoms with E-state index in [1.807, 2.05) is 35.2 Å². The van der Waals surface area contributed by atoms with Gasteiger partial charge < -0.3 is 23.8 Å². The summed E-state index contributed by atoms with van der Waals surface area (Å²) in [5.41, 5.74) is 2.52. The molecule has 0 unspecified atom stereocenters. The molecule has 2 aliphatic heterocycles. The van der Waals surface area contributed by atoms with E-state index >= 15 is 0 Å². The Bertz CT molecular complexity index is 1230. The lowest BCUT2D eigenvalue weighted by Crippen LogP contribution is -2.49. The second-order valence-electron chi connectivity index (χ2n) is 9.94. The van der Waals surface area contributed by atoms with Crippen LogP contribution in [0, 0.1) is 5.92 Å². The highest BCUT2D eigenvalue weighted by molar-refractivity contribution is 5.78. The average Bonchev–Trinajstić information content (AvgIpc) is 3.33. The number of carbonyl (C=O) groups is 1. The minimum absolute atomic E-state index is 0.00178. The van der Waals surface area contributed by atoms with Crippen LogP contribution in [0.1, 0.15) is 23.5 Å². The predicted molar refractivity (Wildman–Crippen MR) is 146 cm³/mol. The van der Waals surface area contributed by atoms with Crippen LogP contribution in [0.2, 0.25) is 0 Å². The standard InChI is InChI=1S/C31H36N2O5/c1-35-27-11-7-8-12-29(27)38-21-31(34)32-16-15-26-25(20-32)24(19-33(26)18-22-9-5-4-6-10-22)23-13-14-28(36-2)30(17-23)37-3/h4-14,17,24-26H,15-16,18-21H2,1-3H3/t24-,25-,26-/m1/s1. The number of piperidine rings is 1. The number of benzene rings is 3. The van der Waals surface area contributed by atoms with E-state index in [1.165, 1.54) is 11.1 Å². The minimum Gasteiger partial charge on any atom is -0.493 e. The molecule has 38 heavy (non-hydrogen) atoms. The van der Waals surface area contributed by atoms with Gasteiger partial charge in [-0.25, -0.2) is 0 Å². The number of amides is 1. The summed E-state index contributed by atoms with van der Waals surface area (Å²) in [5.74, 6) is 3.24. The minimum atomic E-state index is -0.00743. The lowest BCUT2D eigenvalue weighted by atomic mass is 9.81. The van der Waals surface area contributed by atoms with Crippen LogP contribution in [0.25, 0.3) is 0 Å². The smallest absolute Gasteiger partial charge is 0.260 e. The molecular formula is C31H36N2O5. The first-order valence-electron chi connectivity index (χ1n) is 13.1. The van der Waals surface area contributed by atoms with E-state index in [4.69, 9.17) is 18.9 Å². The van der Waals surface area contributed by atoms with Crippen molar-refractivity contribution in [1.82, 2.24) is 9.80 Å². The molecule has 1 amide bonds. The first kappa shape index (κ1) is 25.9. The Morgan fingerprint density at radius 2 is 1.50 bits per heavy atom. The van der Waals surface area contributed by atoms with Crippen molar-refractivity contribution < 1.29 is 23.7 Å². The molecule has 0 bridgehead atoms. The van der Waals surface area contributed by atoms with Crippen molar-refractivity contribution in [2.24, 2.45) is 5.92 Å². The molecule has 5 rings (SSSR count). The lowest BCUT2D eigenvalue weighted by Gasteiger charge is -2.39. The van der Waals surface area contributed by atoms with Crippen LogP contribution in [-0.2, 0) is 11.3 Å². The number of para-hydroxylation sites is 2. The molecule has 2 aliphatic rings. The van der Waals surface area contributed by atoms with Crippen molar-refractivity contribution in [1.29, 1.82) is 0 Å². The number of ether oxygens (including phenoxy) is 4. The molecule has 0 saturated carbocycles. The number of methoxy groups -OCH3 is 3. The number of fused-ring (bicyclic) bond motifs is 1. The summed E-state index contributed by atoms with van der Waals surface area (Å²) in [6.45, 7) is 3.24. The fourth-order valence-electron chi connectivity index (χ4n) is 5.97. The zero-order chi connectivity index (χ0) is 26.5. The molecule has 3 atom stereocenters. The van der Waals surface area contributed by atoms with Gasteiger partial charge >= 0.3 is 0 Å². The third-order valence-corrected chi connectivity index (χ3v) is 7.87. The van der Waals surface area contributed by atoms with Crippen molar-refractivity contribution in [2.75, 3.05) is 47.6 Å². The van der Waals surface area contributed by atoms with E-state index in [9.17, 15) is 4.79 Å². The molecule has 2 fully saturated rings. The van der Waals surface area contributed by atoms with Gasteiger partial charge in [-0.05, 0) is 41.8 Å². The molecule has 0 aliphatic carbocycles. The van der Waals surface area contributed by atoms with Gasteiger partial charge in [-0.3, -0.25) is 9.69 Å². The fraction of sp³-hybridized carbons (Fsp3) is 0.387. The van der Waals surface area contributed by atoms with E-state index in [0.29, 0.717) is 30.0 Å². The zero-order valence-corrected chi connectivity index (χ0v) is 22.3. The van der Waals surface area contributed by atoms with E-state index in [0.717, 1.165) is 37.6 Å². The Morgan fingerprint density at radius 1 is 0.816 bits per heavy atom. The molecule has 3 aromatic carbocycles. The molecule has 0 spiro atoms. The van der Waals surface area contributed by atoms with Gasteiger partial charge in [0.2, 0.25) is 0 Å². The molecular weight excluding hydrogens is 480 g/mol. The predicted octanol–water partition coefficient (Wildman–Crippen LogP) is 4.61. The van der Waals surface area contributed by atoms with Crippen LogP contribution in [0.4, 0.5) is 0 Å². The number of rotatable bonds is 9. The molecule has 200 valence electrons. The second kappa shape index (κ2) is 11.8. The number of carbonyl (C=O) groups excluding carboxylic acids is 1. The van der Waals surface area contributed by atoms with Crippen molar-refractivity contribution in [3.8, 4) is 23.0 Å². The number of hydrogen-bond donors (Lipinski definition) is 0. The first-order valence-corrected chi connectivity index (χ1v) is 13.1. The van der Waals surface area contributed by atoms with Crippen molar-refractivity contribution in [2.45, 2.75) is 24.9 Å². The van der Waals surface area contributed by atoms with Crippen LogP contribution >= 0.6 is 0 Å². The third kappa shape index (κ3) is 5.43. The Hall–Kier alpha value is -3.71. The van der Waals surface area contributed by atoms with Crippen LogP contribution < -0.4 is 18.9 Å². The number of likely N-dealkylation sites (tertiary alicyclic amines) is 2. The molecule has 3 aromatic rings. The maximum Gasteiger partial charge on any atom is 0.260 e. The van der Waals surface area contributed by atoms with Gasteiger partial charge in [0.05, 0.1) is 21.3 Å². The summed E-state index contributed by atoms with van der Waals surface area (Å²) < 4.78 is 22.3. The Morgan fingerprint density at radius 3 is 2.24 bits per heavy atom. The van der Waals surface area contributed by atoms with Gasteiger partial charge in [0.25, 0.3) is 5.91 Å². The highest BCUT2D eigenvalue weighted by Crippen LogP contribution is 2.44. The van der Waals surface area contributed by atoms with Gasteiger partial charge in [0, 0.05) is 44.1 Å². The monoisotopic (exact) mass is 516 g/mol. The Kier molecular flexibility index (Phi) is 8.03. The van der Waals surface area contributed by atoms with Crippen molar-refractivity contribution in [3.05, 3.63) is 83.9 Å². The van der Waals surface area contributed by atoms with Crippen LogP contribution in [0.15, 0.2) is 72.8 Å². The van der Waals surface area contributed by atoms with Gasteiger partial charge in [-0.15, -0.1) is 0 Å². The molecule has 0 N–H and O–H groups in total. The van der Waals surface area contributed by atoms with Gasteiger partial charge in [-0.2, -0.15) is 0 Å². The topological polar surface area (TPSA) is 60.5 Å². The van der Waals surface area contributed by atoms with Gasteiger partial charge in [0.15, 0.2) is 29.6 Å². The lowest BCUT2D eigenvalue weighted by molar-refractivity contribution is -0.135. The normalized spacial score (nSPS) is 21.0. The SMILES string of the molecule is COc1ccc([C@H]2CN(Cc3ccccc3)[C@@H]3CCN(C(=O)COc4ccccc4OC)C[C@H]23)cc1OC. The van der Waals surface area contributed by atoms with E-state index < -0.39 is 0 Å². The molecule has 0 aromatic heterocycles. The highest BCUT2D eigenvalue weighted by atomic mass is 16.5. The average molecular weight is 517 g/mol. The molecule has 7 nitrogen and oxygen atoms in total. The highest BCUT2D eigenvalue weighted by Gasteiger charge is 2.46. The molecule has 2 saturated heterocycles. The quantitative estimate of drug-likeness (QED) is 0.414. The van der Waals surface area contributed by atoms with Gasteiger partial charge in [-0.1, -0.05) is 48.5 Å². The van der Waals surface area contributed by atoms with Gasteiger partial charge in [0.1, 0.15) is 0 Å². The first-order chi connectivity index (χ1) is 18.6. The van der Waals surface area contributed by atoms with Crippen molar-refractivity contribution >= 4 is 5.91 Å². The number of hydrogen-bond acceptors (Lipinski definition) is 6. The second-order valence-corrected chi connectivity index (χ2v) is 9.94. The summed E-state index contributed by atoms with van der Waals surface area (Å²) in [6.07, 6.45) is 0.932.